The number of aryl methyl sites for hydroxylation is 1. The molecular formula is C17H23N3S. The lowest BCUT2D eigenvalue weighted by Gasteiger charge is -2.18. The quantitative estimate of drug-likeness (QED) is 0.888. The lowest BCUT2D eigenvalue weighted by Crippen LogP contribution is -2.33. The Bertz CT molecular complexity index is 552. The van der Waals surface area contributed by atoms with Crippen LogP contribution in [-0.4, -0.2) is 30.7 Å². The molecule has 3 rings (SSSR count). The van der Waals surface area contributed by atoms with Crippen molar-refractivity contribution in [3.05, 3.63) is 46.4 Å². The summed E-state index contributed by atoms with van der Waals surface area (Å²) in [6, 6.07) is 11.3. The fourth-order valence-corrected chi connectivity index (χ4v) is 3.61. The van der Waals surface area contributed by atoms with E-state index in [1.54, 1.807) is 11.3 Å². The van der Waals surface area contributed by atoms with Crippen molar-refractivity contribution in [1.82, 2.24) is 10.3 Å². The first-order chi connectivity index (χ1) is 10.3. The Morgan fingerprint density at radius 2 is 2.19 bits per heavy atom. The van der Waals surface area contributed by atoms with Crippen molar-refractivity contribution in [1.29, 1.82) is 0 Å². The van der Waals surface area contributed by atoms with Crippen molar-refractivity contribution < 1.29 is 0 Å². The number of hydrogen-bond donors (Lipinski definition) is 1. The molecule has 1 aromatic carbocycles. The van der Waals surface area contributed by atoms with E-state index in [-0.39, 0.29) is 0 Å². The maximum Gasteiger partial charge on any atom is 0.0925 e. The summed E-state index contributed by atoms with van der Waals surface area (Å²) in [7, 11) is 0. The summed E-state index contributed by atoms with van der Waals surface area (Å²) in [5.41, 5.74) is 2.58. The monoisotopic (exact) mass is 301 g/mol. The number of nitrogens with zero attached hydrogens (tertiary/aromatic N) is 2. The molecule has 1 aromatic heterocycles. The molecule has 2 aromatic rings. The minimum absolute atomic E-state index is 0.606. The molecule has 0 amide bonds. The summed E-state index contributed by atoms with van der Waals surface area (Å²) in [6.45, 7) is 5.46. The first-order valence-electron chi connectivity index (χ1n) is 7.82. The number of thiazole rings is 1. The Morgan fingerprint density at radius 3 is 2.95 bits per heavy atom. The molecule has 1 saturated heterocycles. The number of nitrogens with one attached hydrogen (secondary N) is 1. The third kappa shape index (κ3) is 3.83. The minimum Gasteiger partial charge on any atom is -0.370 e. The Hall–Kier alpha value is -1.39. The van der Waals surface area contributed by atoms with Crippen LogP contribution in [0.3, 0.4) is 0 Å². The second-order valence-electron chi connectivity index (χ2n) is 5.56. The second-order valence-corrected chi connectivity index (χ2v) is 6.50. The average molecular weight is 301 g/mol. The second kappa shape index (κ2) is 7.05. The number of rotatable bonds is 6. The van der Waals surface area contributed by atoms with Crippen LogP contribution in [0.4, 0.5) is 5.69 Å². The topological polar surface area (TPSA) is 28.2 Å². The lowest BCUT2D eigenvalue weighted by molar-refractivity contribution is 0.552. The third-order valence-electron chi connectivity index (χ3n) is 4.03. The molecule has 1 N–H and O–H groups in total. The van der Waals surface area contributed by atoms with Crippen molar-refractivity contribution in [2.75, 3.05) is 24.5 Å². The highest BCUT2D eigenvalue weighted by atomic mass is 32.1. The zero-order valence-corrected chi connectivity index (χ0v) is 13.4. The van der Waals surface area contributed by atoms with Gasteiger partial charge in [0.05, 0.1) is 10.7 Å². The molecule has 0 saturated carbocycles. The molecule has 0 radical (unpaired) electrons. The SMILES string of the molecule is CCc1nc(CCN[C@@H]2CCN(c3ccccc3)C2)cs1. The predicted octanol–water partition coefficient (Wildman–Crippen LogP) is 3.12. The van der Waals surface area contributed by atoms with Crippen LogP contribution in [-0.2, 0) is 12.8 Å². The number of benzene rings is 1. The van der Waals surface area contributed by atoms with Gasteiger partial charge < -0.3 is 10.2 Å². The van der Waals surface area contributed by atoms with E-state index in [0.29, 0.717) is 6.04 Å². The van der Waals surface area contributed by atoms with Gasteiger partial charge in [-0.15, -0.1) is 11.3 Å². The lowest BCUT2D eigenvalue weighted by atomic mass is 10.2. The van der Waals surface area contributed by atoms with Crippen LogP contribution in [0.1, 0.15) is 24.0 Å². The van der Waals surface area contributed by atoms with E-state index in [1.807, 2.05) is 0 Å². The number of anilines is 1. The molecule has 0 aliphatic carbocycles. The maximum atomic E-state index is 4.62. The Kier molecular flexibility index (Phi) is 4.88. The summed E-state index contributed by atoms with van der Waals surface area (Å²) in [5, 5.41) is 7.13. The van der Waals surface area contributed by atoms with Gasteiger partial charge in [0.2, 0.25) is 0 Å². The smallest absolute Gasteiger partial charge is 0.0925 e. The summed E-state index contributed by atoms with van der Waals surface area (Å²) in [6.07, 6.45) is 3.32. The number of para-hydroxylation sites is 1. The van der Waals surface area contributed by atoms with Gasteiger partial charge in [0.15, 0.2) is 0 Å². The molecule has 0 spiro atoms. The number of hydrogen-bond acceptors (Lipinski definition) is 4. The van der Waals surface area contributed by atoms with E-state index in [4.69, 9.17) is 0 Å². The van der Waals surface area contributed by atoms with Crippen LogP contribution in [0.2, 0.25) is 0 Å². The highest BCUT2D eigenvalue weighted by Crippen LogP contribution is 2.19. The van der Waals surface area contributed by atoms with Crippen LogP contribution in [0.25, 0.3) is 0 Å². The third-order valence-corrected chi connectivity index (χ3v) is 5.07. The van der Waals surface area contributed by atoms with E-state index < -0.39 is 0 Å². The average Bonchev–Trinajstić information content (AvgIpc) is 3.17. The molecule has 3 nitrogen and oxygen atoms in total. The molecule has 0 unspecified atom stereocenters. The van der Waals surface area contributed by atoms with Gasteiger partial charge in [0.25, 0.3) is 0 Å². The molecule has 1 aliphatic heterocycles. The molecule has 112 valence electrons. The fraction of sp³-hybridized carbons (Fsp3) is 0.471. The van der Waals surface area contributed by atoms with Crippen LogP contribution >= 0.6 is 11.3 Å². The van der Waals surface area contributed by atoms with E-state index in [1.165, 1.54) is 22.8 Å². The Labute approximate surface area is 131 Å². The highest BCUT2D eigenvalue weighted by Gasteiger charge is 2.21. The van der Waals surface area contributed by atoms with E-state index in [0.717, 1.165) is 32.5 Å². The van der Waals surface area contributed by atoms with Gasteiger partial charge >= 0.3 is 0 Å². The Balaban J connectivity index is 1.43. The molecule has 21 heavy (non-hydrogen) atoms. The first kappa shape index (κ1) is 14.5. The zero-order valence-electron chi connectivity index (χ0n) is 12.6. The summed E-state index contributed by atoms with van der Waals surface area (Å²) in [5.74, 6) is 0. The van der Waals surface area contributed by atoms with Crippen LogP contribution in [0.5, 0.6) is 0 Å². The summed E-state index contributed by atoms with van der Waals surface area (Å²) in [4.78, 5) is 7.09. The molecule has 1 aliphatic rings. The Morgan fingerprint density at radius 1 is 1.33 bits per heavy atom. The van der Waals surface area contributed by atoms with Crippen molar-refractivity contribution in [3.8, 4) is 0 Å². The van der Waals surface area contributed by atoms with Crippen molar-refractivity contribution in [3.63, 3.8) is 0 Å². The van der Waals surface area contributed by atoms with Gasteiger partial charge in [-0.05, 0) is 25.0 Å². The largest absolute Gasteiger partial charge is 0.370 e. The van der Waals surface area contributed by atoms with Crippen LogP contribution < -0.4 is 10.2 Å². The molecule has 1 fully saturated rings. The van der Waals surface area contributed by atoms with E-state index >= 15 is 0 Å². The van der Waals surface area contributed by atoms with Crippen molar-refractivity contribution >= 4 is 17.0 Å². The van der Waals surface area contributed by atoms with Gasteiger partial charge in [-0.3, -0.25) is 0 Å². The van der Waals surface area contributed by atoms with E-state index in [2.05, 4.69) is 57.8 Å². The first-order valence-corrected chi connectivity index (χ1v) is 8.70. The maximum absolute atomic E-state index is 4.62. The standard InChI is InChI=1S/C17H23N3S/c1-2-17-19-15(13-21-17)8-10-18-14-9-11-20(12-14)16-6-4-3-5-7-16/h3-7,13-14,18H,2,8-12H2,1H3/t14-/m1/s1. The minimum atomic E-state index is 0.606. The fourth-order valence-electron chi connectivity index (χ4n) is 2.83. The zero-order chi connectivity index (χ0) is 14.5. The van der Waals surface area contributed by atoms with E-state index in [9.17, 15) is 0 Å². The molecular weight excluding hydrogens is 278 g/mol. The van der Waals surface area contributed by atoms with Crippen LogP contribution in [0, 0.1) is 0 Å². The molecule has 2 heterocycles. The highest BCUT2D eigenvalue weighted by molar-refractivity contribution is 7.09. The summed E-state index contributed by atoms with van der Waals surface area (Å²) >= 11 is 1.78. The number of aromatic nitrogens is 1. The van der Waals surface area contributed by atoms with Crippen LogP contribution in [0.15, 0.2) is 35.7 Å². The molecule has 4 heteroatoms. The predicted molar refractivity (Wildman–Crippen MR) is 90.3 cm³/mol. The van der Waals surface area contributed by atoms with Crippen molar-refractivity contribution in [2.45, 2.75) is 32.2 Å². The van der Waals surface area contributed by atoms with Gasteiger partial charge in [-0.25, -0.2) is 4.98 Å². The van der Waals surface area contributed by atoms with Gasteiger partial charge in [-0.1, -0.05) is 25.1 Å². The van der Waals surface area contributed by atoms with Crippen molar-refractivity contribution in [2.24, 2.45) is 0 Å². The summed E-state index contributed by atoms with van der Waals surface area (Å²) < 4.78 is 0. The molecule has 1 atom stereocenters. The van der Waals surface area contributed by atoms with Gasteiger partial charge in [0.1, 0.15) is 0 Å². The normalized spacial score (nSPS) is 18.3. The molecule has 0 bridgehead atoms. The van der Waals surface area contributed by atoms with Gasteiger partial charge in [0, 0.05) is 43.2 Å². The van der Waals surface area contributed by atoms with Gasteiger partial charge in [-0.2, -0.15) is 0 Å².